The normalized spacial score (nSPS) is 27.7. The third-order valence-corrected chi connectivity index (χ3v) is 4.36. The third kappa shape index (κ3) is 4.32. The van der Waals surface area contributed by atoms with Gasteiger partial charge in [-0.1, -0.05) is 19.4 Å². The van der Waals surface area contributed by atoms with Crippen molar-refractivity contribution in [3.8, 4) is 0 Å². The lowest BCUT2D eigenvalue weighted by atomic mass is 9.76. The van der Waals surface area contributed by atoms with Crippen molar-refractivity contribution in [3.05, 3.63) is 11.6 Å². The summed E-state index contributed by atoms with van der Waals surface area (Å²) in [6, 6.07) is 0. The van der Waals surface area contributed by atoms with E-state index in [4.69, 9.17) is 9.47 Å². The smallest absolute Gasteiger partial charge is 0.311 e. The Kier molecular flexibility index (Phi) is 5.27. The highest BCUT2D eigenvalue weighted by Gasteiger charge is 2.37. The molecule has 5 nitrogen and oxygen atoms in total. The topological polar surface area (TPSA) is 55.8 Å². The van der Waals surface area contributed by atoms with Crippen LogP contribution in [0.2, 0.25) is 0 Å². The molecule has 0 unspecified atom stereocenters. The minimum Gasteiger partial charge on any atom is -0.458 e. The standard InChI is InChI=1S/C17H27NO4/c1-12-7-14(10-17(2,3)9-12)22-16(20)13-8-15(19)18(11-13)5-6-21-4/h7,13-14H,5-6,8-11H2,1-4H3/t13-,14+/m1/s1. The van der Waals surface area contributed by atoms with Gasteiger partial charge in [-0.15, -0.1) is 0 Å². The summed E-state index contributed by atoms with van der Waals surface area (Å²) in [4.78, 5) is 25.9. The van der Waals surface area contributed by atoms with Crippen molar-refractivity contribution in [1.82, 2.24) is 4.90 Å². The molecule has 0 bridgehead atoms. The number of nitrogens with zero attached hydrogens (tertiary/aromatic N) is 1. The number of methoxy groups -OCH3 is 1. The molecule has 0 aromatic heterocycles. The average molecular weight is 309 g/mol. The van der Waals surface area contributed by atoms with Crippen LogP contribution in [0.15, 0.2) is 11.6 Å². The highest BCUT2D eigenvalue weighted by Crippen LogP contribution is 2.36. The largest absolute Gasteiger partial charge is 0.458 e. The minimum atomic E-state index is -0.344. The molecule has 1 aliphatic heterocycles. The van der Waals surface area contributed by atoms with Crippen LogP contribution in [-0.4, -0.2) is 49.7 Å². The SMILES string of the molecule is COCCN1C[C@H](C(=O)O[C@H]2C=C(C)CC(C)(C)C2)CC1=O. The van der Waals surface area contributed by atoms with Crippen LogP contribution in [-0.2, 0) is 19.1 Å². The van der Waals surface area contributed by atoms with Crippen LogP contribution in [0.5, 0.6) is 0 Å². The molecule has 5 heteroatoms. The molecular formula is C17H27NO4. The molecule has 0 radical (unpaired) electrons. The van der Waals surface area contributed by atoms with Gasteiger partial charge in [0.2, 0.25) is 5.91 Å². The molecule has 1 heterocycles. The number of allylic oxidation sites excluding steroid dienone is 1. The van der Waals surface area contributed by atoms with E-state index in [-0.39, 0.29) is 35.7 Å². The van der Waals surface area contributed by atoms with Gasteiger partial charge in [-0.05, 0) is 31.3 Å². The van der Waals surface area contributed by atoms with E-state index in [9.17, 15) is 9.59 Å². The first-order chi connectivity index (χ1) is 10.3. The van der Waals surface area contributed by atoms with Crippen molar-refractivity contribution in [1.29, 1.82) is 0 Å². The zero-order valence-corrected chi connectivity index (χ0v) is 14.1. The Balaban J connectivity index is 1.90. The Morgan fingerprint density at radius 3 is 2.82 bits per heavy atom. The lowest BCUT2D eigenvalue weighted by Crippen LogP contribution is -2.32. The quantitative estimate of drug-likeness (QED) is 0.577. The molecular weight excluding hydrogens is 282 g/mol. The van der Waals surface area contributed by atoms with Gasteiger partial charge in [0.15, 0.2) is 0 Å². The predicted octanol–water partition coefficient (Wildman–Crippen LogP) is 2.16. The van der Waals surface area contributed by atoms with E-state index < -0.39 is 0 Å². The lowest BCUT2D eigenvalue weighted by molar-refractivity contribution is -0.153. The summed E-state index contributed by atoms with van der Waals surface area (Å²) in [6.45, 7) is 7.93. The molecule has 22 heavy (non-hydrogen) atoms. The number of likely N-dealkylation sites (tertiary alicyclic amines) is 1. The summed E-state index contributed by atoms with van der Waals surface area (Å²) in [7, 11) is 1.60. The van der Waals surface area contributed by atoms with Crippen LogP contribution < -0.4 is 0 Å². The molecule has 1 aliphatic carbocycles. The van der Waals surface area contributed by atoms with Gasteiger partial charge < -0.3 is 14.4 Å². The number of carbonyl (C=O) groups is 2. The van der Waals surface area contributed by atoms with Gasteiger partial charge in [-0.3, -0.25) is 9.59 Å². The summed E-state index contributed by atoms with van der Waals surface area (Å²) in [5.74, 6) is -0.585. The molecule has 1 saturated heterocycles. The fourth-order valence-corrected chi connectivity index (χ4v) is 3.48. The van der Waals surface area contributed by atoms with Crippen LogP contribution in [0.25, 0.3) is 0 Å². The summed E-state index contributed by atoms with van der Waals surface area (Å²) in [5, 5.41) is 0. The van der Waals surface area contributed by atoms with E-state index in [0.29, 0.717) is 19.7 Å². The zero-order valence-electron chi connectivity index (χ0n) is 14.1. The molecule has 2 rings (SSSR count). The third-order valence-electron chi connectivity index (χ3n) is 4.36. The highest BCUT2D eigenvalue weighted by molar-refractivity contribution is 5.86. The number of hydrogen-bond acceptors (Lipinski definition) is 4. The Labute approximate surface area is 132 Å². The van der Waals surface area contributed by atoms with Crippen LogP contribution >= 0.6 is 0 Å². The first kappa shape index (κ1) is 17.0. The van der Waals surface area contributed by atoms with Crippen molar-refractivity contribution in [2.75, 3.05) is 26.8 Å². The number of rotatable bonds is 5. The molecule has 1 amide bonds. The Bertz CT molecular complexity index is 469. The molecule has 124 valence electrons. The van der Waals surface area contributed by atoms with E-state index in [1.807, 2.05) is 6.08 Å². The molecule has 0 aromatic rings. The highest BCUT2D eigenvalue weighted by atomic mass is 16.5. The number of amides is 1. The second-order valence-electron chi connectivity index (χ2n) is 7.27. The van der Waals surface area contributed by atoms with Crippen molar-refractivity contribution < 1.29 is 19.1 Å². The monoisotopic (exact) mass is 309 g/mol. The van der Waals surface area contributed by atoms with Gasteiger partial charge in [0.1, 0.15) is 6.10 Å². The maximum absolute atomic E-state index is 12.3. The van der Waals surface area contributed by atoms with E-state index >= 15 is 0 Å². The maximum atomic E-state index is 12.3. The molecule has 0 spiro atoms. The Hall–Kier alpha value is -1.36. The van der Waals surface area contributed by atoms with Crippen LogP contribution in [0, 0.1) is 11.3 Å². The molecule has 0 N–H and O–H groups in total. The van der Waals surface area contributed by atoms with Gasteiger partial charge in [0, 0.05) is 26.6 Å². The second-order valence-corrected chi connectivity index (χ2v) is 7.27. The van der Waals surface area contributed by atoms with Crippen molar-refractivity contribution in [2.45, 2.75) is 46.1 Å². The van der Waals surface area contributed by atoms with E-state index in [1.165, 1.54) is 5.57 Å². The minimum absolute atomic E-state index is 0.00898. The van der Waals surface area contributed by atoms with Crippen molar-refractivity contribution >= 4 is 11.9 Å². The lowest BCUT2D eigenvalue weighted by Gasteiger charge is -2.33. The molecule has 0 saturated carbocycles. The van der Waals surface area contributed by atoms with Gasteiger partial charge in [0.05, 0.1) is 12.5 Å². The first-order valence-electron chi connectivity index (χ1n) is 7.95. The average Bonchev–Trinajstić information content (AvgIpc) is 2.75. The predicted molar refractivity (Wildman–Crippen MR) is 83.2 cm³/mol. The second kappa shape index (κ2) is 6.82. The van der Waals surface area contributed by atoms with E-state index in [2.05, 4.69) is 20.8 Å². The van der Waals surface area contributed by atoms with Crippen molar-refractivity contribution in [3.63, 3.8) is 0 Å². The van der Waals surface area contributed by atoms with Crippen molar-refractivity contribution in [2.24, 2.45) is 11.3 Å². The summed E-state index contributed by atoms with van der Waals surface area (Å²) in [5.41, 5.74) is 1.41. The summed E-state index contributed by atoms with van der Waals surface area (Å²) >= 11 is 0. The summed E-state index contributed by atoms with van der Waals surface area (Å²) in [6.07, 6.45) is 4.00. The zero-order chi connectivity index (χ0) is 16.3. The molecule has 0 aromatic carbocycles. The number of ether oxygens (including phenoxy) is 2. The maximum Gasteiger partial charge on any atom is 0.311 e. The number of esters is 1. The van der Waals surface area contributed by atoms with Crippen LogP contribution in [0.3, 0.4) is 0 Å². The molecule has 2 aliphatic rings. The first-order valence-corrected chi connectivity index (χ1v) is 7.95. The van der Waals surface area contributed by atoms with Gasteiger partial charge in [-0.2, -0.15) is 0 Å². The van der Waals surface area contributed by atoms with Crippen LogP contribution in [0.1, 0.15) is 40.0 Å². The Morgan fingerprint density at radius 2 is 2.18 bits per heavy atom. The fraction of sp³-hybridized carbons (Fsp3) is 0.765. The summed E-state index contributed by atoms with van der Waals surface area (Å²) < 4.78 is 10.6. The van der Waals surface area contributed by atoms with Crippen LogP contribution in [0.4, 0.5) is 0 Å². The molecule has 2 atom stereocenters. The van der Waals surface area contributed by atoms with Gasteiger partial charge in [-0.25, -0.2) is 0 Å². The van der Waals surface area contributed by atoms with E-state index in [1.54, 1.807) is 12.0 Å². The van der Waals surface area contributed by atoms with E-state index in [0.717, 1.165) is 12.8 Å². The fourth-order valence-electron chi connectivity index (χ4n) is 3.48. The van der Waals surface area contributed by atoms with Gasteiger partial charge in [0.25, 0.3) is 0 Å². The van der Waals surface area contributed by atoms with Gasteiger partial charge >= 0.3 is 5.97 Å². The number of hydrogen-bond donors (Lipinski definition) is 0. The molecule has 1 fully saturated rings. The Morgan fingerprint density at radius 1 is 1.45 bits per heavy atom. The number of carbonyl (C=O) groups excluding carboxylic acids is 2.